The Morgan fingerprint density at radius 3 is 1.97 bits per heavy atom. The van der Waals surface area contributed by atoms with Crippen molar-refractivity contribution in [3.63, 3.8) is 0 Å². The molecule has 0 saturated heterocycles. The molecule has 4 aromatic carbocycles. The van der Waals surface area contributed by atoms with E-state index >= 15 is 0 Å². The van der Waals surface area contributed by atoms with Crippen molar-refractivity contribution in [1.82, 2.24) is 15.0 Å². The number of benzene rings is 4. The van der Waals surface area contributed by atoms with Crippen molar-refractivity contribution in [3.8, 4) is 45.1 Å². The van der Waals surface area contributed by atoms with Gasteiger partial charge >= 0.3 is 0 Å². The van der Waals surface area contributed by atoms with Gasteiger partial charge in [-0.25, -0.2) is 9.97 Å². The predicted molar refractivity (Wildman–Crippen MR) is 149 cm³/mol. The van der Waals surface area contributed by atoms with Crippen molar-refractivity contribution < 1.29 is 4.42 Å². The Labute approximate surface area is 213 Å². The first-order valence-corrected chi connectivity index (χ1v) is 12.2. The summed E-state index contributed by atoms with van der Waals surface area (Å²) in [5.41, 5.74) is 9.64. The van der Waals surface area contributed by atoms with E-state index in [0.29, 0.717) is 11.6 Å². The third-order valence-electron chi connectivity index (χ3n) is 6.57. The highest BCUT2D eigenvalue weighted by Gasteiger charge is 2.14. The molecule has 37 heavy (non-hydrogen) atoms. The SMILES string of the molecule is c1ccc(-c2ccc3nc(-c4ccccc4)cc(-c4ccc(-c5nc6ccccc6o5)nc4)c3c2)cc1. The number of hydrogen-bond donors (Lipinski definition) is 0. The highest BCUT2D eigenvalue weighted by atomic mass is 16.3. The average Bonchev–Trinajstić information content (AvgIpc) is 3.42. The number of para-hydroxylation sites is 2. The van der Waals surface area contributed by atoms with Gasteiger partial charge in [0.2, 0.25) is 5.89 Å². The van der Waals surface area contributed by atoms with Gasteiger partial charge in [-0.3, -0.25) is 4.98 Å². The van der Waals surface area contributed by atoms with E-state index in [2.05, 4.69) is 71.7 Å². The van der Waals surface area contributed by atoms with Gasteiger partial charge in [-0.1, -0.05) is 84.9 Å². The summed E-state index contributed by atoms with van der Waals surface area (Å²) < 4.78 is 5.93. The molecule has 0 amide bonds. The van der Waals surface area contributed by atoms with E-state index in [0.717, 1.165) is 50.0 Å². The van der Waals surface area contributed by atoms with Crippen LogP contribution < -0.4 is 0 Å². The molecule has 0 radical (unpaired) electrons. The van der Waals surface area contributed by atoms with Crippen molar-refractivity contribution >= 4 is 22.0 Å². The molecule has 0 aliphatic carbocycles. The number of fused-ring (bicyclic) bond motifs is 2. The zero-order valence-electron chi connectivity index (χ0n) is 19.9. The largest absolute Gasteiger partial charge is 0.435 e. The van der Waals surface area contributed by atoms with E-state index in [4.69, 9.17) is 14.4 Å². The van der Waals surface area contributed by atoms with Gasteiger partial charge in [-0.2, -0.15) is 0 Å². The molecule has 4 nitrogen and oxygen atoms in total. The maximum absolute atomic E-state index is 5.93. The smallest absolute Gasteiger partial charge is 0.246 e. The van der Waals surface area contributed by atoms with E-state index in [1.54, 1.807) is 0 Å². The zero-order valence-corrected chi connectivity index (χ0v) is 19.9. The van der Waals surface area contributed by atoms with Crippen LogP contribution in [0.1, 0.15) is 0 Å². The minimum Gasteiger partial charge on any atom is -0.435 e. The molecule has 3 aromatic heterocycles. The predicted octanol–water partition coefficient (Wildman–Crippen LogP) is 8.44. The molecule has 3 heterocycles. The van der Waals surface area contributed by atoms with Crippen LogP contribution in [0, 0.1) is 0 Å². The minimum atomic E-state index is 0.517. The Hall–Kier alpha value is -5.09. The molecule has 0 N–H and O–H groups in total. The van der Waals surface area contributed by atoms with Crippen molar-refractivity contribution in [2.45, 2.75) is 0 Å². The Balaban J connectivity index is 1.38. The van der Waals surface area contributed by atoms with Crippen LogP contribution in [0.2, 0.25) is 0 Å². The van der Waals surface area contributed by atoms with Crippen LogP contribution in [0.25, 0.3) is 67.1 Å². The van der Waals surface area contributed by atoms with E-state index < -0.39 is 0 Å². The van der Waals surface area contributed by atoms with Crippen molar-refractivity contribution in [2.24, 2.45) is 0 Å². The number of pyridine rings is 2. The molecule has 0 bridgehead atoms. The number of rotatable bonds is 4. The van der Waals surface area contributed by atoms with Gasteiger partial charge in [-0.05, 0) is 53.1 Å². The zero-order chi connectivity index (χ0) is 24.6. The number of nitrogens with zero attached hydrogens (tertiary/aromatic N) is 3. The van der Waals surface area contributed by atoms with Gasteiger partial charge in [0.1, 0.15) is 11.2 Å². The van der Waals surface area contributed by atoms with E-state index in [1.807, 2.05) is 60.8 Å². The van der Waals surface area contributed by atoms with Gasteiger partial charge in [0.15, 0.2) is 5.58 Å². The lowest BCUT2D eigenvalue weighted by Gasteiger charge is -2.12. The fourth-order valence-electron chi connectivity index (χ4n) is 4.69. The Morgan fingerprint density at radius 1 is 0.486 bits per heavy atom. The molecule has 0 saturated carbocycles. The second-order valence-electron chi connectivity index (χ2n) is 8.94. The Morgan fingerprint density at radius 2 is 1.22 bits per heavy atom. The summed E-state index contributed by atoms with van der Waals surface area (Å²) in [6.07, 6.45) is 1.89. The first-order valence-electron chi connectivity index (χ1n) is 12.2. The fourth-order valence-corrected chi connectivity index (χ4v) is 4.69. The van der Waals surface area contributed by atoms with Crippen LogP contribution in [-0.4, -0.2) is 15.0 Å². The van der Waals surface area contributed by atoms with Gasteiger partial charge in [0.05, 0.1) is 11.2 Å². The second-order valence-corrected chi connectivity index (χ2v) is 8.94. The molecule has 7 rings (SSSR count). The first kappa shape index (κ1) is 21.2. The number of oxazole rings is 1. The summed E-state index contributed by atoms with van der Waals surface area (Å²) in [7, 11) is 0. The molecular formula is C33H21N3O. The normalized spacial score (nSPS) is 11.2. The van der Waals surface area contributed by atoms with E-state index in [9.17, 15) is 0 Å². The maximum Gasteiger partial charge on any atom is 0.246 e. The van der Waals surface area contributed by atoms with E-state index in [1.165, 1.54) is 5.56 Å². The minimum absolute atomic E-state index is 0.517. The van der Waals surface area contributed by atoms with Gasteiger partial charge < -0.3 is 4.42 Å². The molecular weight excluding hydrogens is 454 g/mol. The van der Waals surface area contributed by atoms with Crippen LogP contribution in [0.5, 0.6) is 0 Å². The van der Waals surface area contributed by atoms with Gasteiger partial charge in [-0.15, -0.1) is 0 Å². The van der Waals surface area contributed by atoms with Crippen molar-refractivity contribution in [2.75, 3.05) is 0 Å². The molecule has 0 fully saturated rings. The summed E-state index contributed by atoms with van der Waals surface area (Å²) >= 11 is 0. The van der Waals surface area contributed by atoms with Crippen molar-refractivity contribution in [1.29, 1.82) is 0 Å². The molecule has 0 aliphatic rings. The third kappa shape index (κ3) is 3.95. The number of aromatic nitrogens is 3. The molecule has 4 heteroatoms. The van der Waals surface area contributed by atoms with Crippen molar-refractivity contribution in [3.05, 3.63) is 128 Å². The highest BCUT2D eigenvalue weighted by molar-refractivity contribution is 5.99. The molecule has 174 valence electrons. The van der Waals surface area contributed by atoms with Crippen LogP contribution in [0.3, 0.4) is 0 Å². The summed E-state index contributed by atoms with van der Waals surface area (Å²) in [6, 6.07) is 41.1. The van der Waals surface area contributed by atoms with Crippen LogP contribution in [-0.2, 0) is 0 Å². The van der Waals surface area contributed by atoms with Gasteiger partial charge in [0.25, 0.3) is 0 Å². The lowest BCUT2D eigenvalue weighted by molar-refractivity contribution is 0.617. The maximum atomic E-state index is 5.93. The Bertz CT molecular complexity index is 1830. The van der Waals surface area contributed by atoms with E-state index in [-0.39, 0.29) is 0 Å². The molecule has 0 aliphatic heterocycles. The molecule has 7 aromatic rings. The summed E-state index contributed by atoms with van der Waals surface area (Å²) in [5, 5.41) is 1.08. The second kappa shape index (κ2) is 8.85. The molecule has 0 unspecified atom stereocenters. The highest BCUT2D eigenvalue weighted by Crippen LogP contribution is 2.35. The topological polar surface area (TPSA) is 51.8 Å². The summed E-state index contributed by atoms with van der Waals surface area (Å²) in [5.74, 6) is 0.517. The molecule has 0 atom stereocenters. The Kier molecular flexibility index (Phi) is 5.07. The lowest BCUT2D eigenvalue weighted by atomic mass is 9.96. The van der Waals surface area contributed by atoms with Gasteiger partial charge in [0, 0.05) is 22.7 Å². The number of hydrogen-bond acceptors (Lipinski definition) is 4. The molecule has 0 spiro atoms. The summed E-state index contributed by atoms with van der Waals surface area (Å²) in [4.78, 5) is 14.3. The van der Waals surface area contributed by atoms with Crippen LogP contribution in [0.15, 0.2) is 132 Å². The fraction of sp³-hybridized carbons (Fsp3) is 0. The van der Waals surface area contributed by atoms with Crippen LogP contribution >= 0.6 is 0 Å². The lowest BCUT2D eigenvalue weighted by Crippen LogP contribution is -1.92. The third-order valence-corrected chi connectivity index (χ3v) is 6.57. The standard InChI is InChI=1S/C33H21N3O/c1-3-9-22(10-4-1)24-15-17-28-27(19-24)26(20-31(35-28)23-11-5-2-6-12-23)25-16-18-30(34-21-25)33-36-29-13-7-8-14-32(29)37-33/h1-21H. The first-order chi connectivity index (χ1) is 18.3. The van der Waals surface area contributed by atoms with Crippen LogP contribution in [0.4, 0.5) is 0 Å². The monoisotopic (exact) mass is 475 g/mol. The summed E-state index contributed by atoms with van der Waals surface area (Å²) in [6.45, 7) is 0. The average molecular weight is 476 g/mol. The quantitative estimate of drug-likeness (QED) is 0.256.